The number of carbonyl (C=O) groups is 1. The number of aliphatic hydroxyl groups is 1. The highest BCUT2D eigenvalue weighted by Crippen LogP contribution is 2.42. The minimum absolute atomic E-state index is 0.0437. The lowest BCUT2D eigenvalue weighted by Gasteiger charge is -2.40. The van der Waals surface area contributed by atoms with Gasteiger partial charge in [0.15, 0.2) is 5.78 Å². The Bertz CT molecular complexity index is 987. The van der Waals surface area contributed by atoms with Crippen LogP contribution in [0.5, 0.6) is 0 Å². The van der Waals surface area contributed by atoms with Crippen molar-refractivity contribution in [2.75, 3.05) is 0 Å². The Hall–Kier alpha value is -1.81. The van der Waals surface area contributed by atoms with Gasteiger partial charge < -0.3 is 9.84 Å². The lowest BCUT2D eigenvalue weighted by Crippen LogP contribution is -2.49. The van der Waals surface area contributed by atoms with Crippen LogP contribution in [0.4, 0.5) is 0 Å². The Kier molecular flexibility index (Phi) is 5.39. The number of aliphatic hydroxyl groups excluding tert-OH is 1. The third kappa shape index (κ3) is 3.59. The average molecular weight is 419 g/mol. The molecule has 0 aliphatic carbocycles. The van der Waals surface area contributed by atoms with Gasteiger partial charge in [0.05, 0.1) is 15.6 Å². The van der Waals surface area contributed by atoms with Crippen molar-refractivity contribution in [1.29, 1.82) is 0 Å². The molecule has 2 aromatic carbocycles. The molecule has 0 aromatic heterocycles. The van der Waals surface area contributed by atoms with Crippen LogP contribution >= 0.6 is 23.2 Å². The monoisotopic (exact) mass is 418 g/mol. The Balaban J connectivity index is 2.25. The predicted molar refractivity (Wildman–Crippen MR) is 115 cm³/mol. The van der Waals surface area contributed by atoms with Gasteiger partial charge in [0.2, 0.25) is 0 Å². The van der Waals surface area contributed by atoms with Gasteiger partial charge in [-0.25, -0.2) is 0 Å². The van der Waals surface area contributed by atoms with Crippen molar-refractivity contribution in [2.45, 2.75) is 52.2 Å². The van der Waals surface area contributed by atoms with E-state index in [1.165, 1.54) is 0 Å². The van der Waals surface area contributed by atoms with Crippen molar-refractivity contribution in [3.05, 3.63) is 63.3 Å². The topological polar surface area (TPSA) is 46.5 Å². The summed E-state index contributed by atoms with van der Waals surface area (Å²) in [5.74, 6) is -0.275. The zero-order chi connectivity index (χ0) is 20.9. The zero-order valence-corrected chi connectivity index (χ0v) is 18.2. The summed E-state index contributed by atoms with van der Waals surface area (Å²) in [4.78, 5) is 13.2. The van der Waals surface area contributed by atoms with Crippen molar-refractivity contribution in [2.24, 2.45) is 0 Å². The van der Waals surface area contributed by atoms with Crippen molar-refractivity contribution in [1.82, 2.24) is 0 Å². The molecule has 1 N–H and O–H groups in total. The maximum absolute atomic E-state index is 13.2. The van der Waals surface area contributed by atoms with E-state index in [1.807, 2.05) is 31.2 Å². The number of carbonyl (C=O) groups excluding carboxylic acids is 1. The van der Waals surface area contributed by atoms with Gasteiger partial charge >= 0.3 is 0 Å². The smallest absolute Gasteiger partial charge is 0.198 e. The van der Waals surface area contributed by atoms with E-state index >= 15 is 0 Å². The highest BCUT2D eigenvalue weighted by molar-refractivity contribution is 6.42. The van der Waals surface area contributed by atoms with E-state index in [-0.39, 0.29) is 11.5 Å². The highest BCUT2D eigenvalue weighted by atomic mass is 35.5. The molecule has 0 amide bonds. The molecular formula is C23H24Cl2O3. The van der Waals surface area contributed by atoms with Crippen molar-refractivity contribution >= 4 is 34.6 Å². The summed E-state index contributed by atoms with van der Waals surface area (Å²) < 4.78 is 5.87. The van der Waals surface area contributed by atoms with Gasteiger partial charge in [-0.2, -0.15) is 0 Å². The molecule has 0 unspecified atom stereocenters. The van der Waals surface area contributed by atoms with E-state index in [9.17, 15) is 9.90 Å². The number of hydrogen-bond acceptors (Lipinski definition) is 3. The number of hydrogen-bond donors (Lipinski definition) is 1. The summed E-state index contributed by atoms with van der Waals surface area (Å²) in [5, 5.41) is 11.9. The second-order valence-corrected chi connectivity index (χ2v) is 8.84. The lowest BCUT2D eigenvalue weighted by molar-refractivity contribution is -0.158. The van der Waals surface area contributed by atoms with Crippen LogP contribution in [-0.4, -0.2) is 22.1 Å². The number of Topliss-reactive ketones (excluding diaryl/α,β-unsaturated/α-hetero) is 1. The number of ketones is 1. The van der Waals surface area contributed by atoms with Crippen LogP contribution in [0.2, 0.25) is 10.0 Å². The molecule has 0 saturated heterocycles. The van der Waals surface area contributed by atoms with E-state index in [2.05, 4.69) is 0 Å². The second-order valence-electron chi connectivity index (χ2n) is 8.03. The van der Waals surface area contributed by atoms with Crippen LogP contribution < -0.4 is 0 Å². The predicted octanol–water partition coefficient (Wildman–Crippen LogP) is 6.65. The Labute approximate surface area is 175 Å². The quantitative estimate of drug-likeness (QED) is 0.606. The summed E-state index contributed by atoms with van der Waals surface area (Å²) in [5.41, 5.74) is 1.80. The first-order valence-electron chi connectivity index (χ1n) is 9.25. The van der Waals surface area contributed by atoms with Gasteiger partial charge in [-0.1, -0.05) is 48.3 Å². The lowest BCUT2D eigenvalue weighted by atomic mass is 9.80. The standard InChI is InChI=1S/C23H24Cl2O3/c1-6-13-7-8-14(15-9-10-17(24)18(25)12-15)11-16(13)19-20(26)22(2,3)28-23(4,5)21(19)27/h7-12,26H,6H2,1-5H3. The maximum Gasteiger partial charge on any atom is 0.198 e. The Morgan fingerprint density at radius 2 is 1.54 bits per heavy atom. The molecule has 5 heteroatoms. The fourth-order valence-electron chi connectivity index (χ4n) is 3.66. The molecule has 148 valence electrons. The number of halogens is 2. The summed E-state index contributed by atoms with van der Waals surface area (Å²) in [6.45, 7) is 9.03. The first kappa shape index (κ1) is 20.9. The van der Waals surface area contributed by atoms with Crippen LogP contribution in [0.1, 0.15) is 45.7 Å². The van der Waals surface area contributed by atoms with E-state index in [1.54, 1.807) is 39.8 Å². The molecule has 28 heavy (non-hydrogen) atoms. The Morgan fingerprint density at radius 3 is 2.14 bits per heavy atom. The molecule has 0 bridgehead atoms. The first-order valence-corrected chi connectivity index (χ1v) is 10.0. The van der Waals surface area contributed by atoms with E-state index in [4.69, 9.17) is 27.9 Å². The first-order chi connectivity index (χ1) is 13.0. The highest BCUT2D eigenvalue weighted by Gasteiger charge is 2.47. The molecular weight excluding hydrogens is 395 g/mol. The van der Waals surface area contributed by atoms with E-state index in [0.29, 0.717) is 15.6 Å². The van der Waals surface area contributed by atoms with Crippen molar-refractivity contribution in [3.63, 3.8) is 0 Å². The summed E-state index contributed by atoms with van der Waals surface area (Å²) >= 11 is 12.2. The fourth-order valence-corrected chi connectivity index (χ4v) is 3.96. The largest absolute Gasteiger partial charge is 0.508 e. The van der Waals surface area contributed by atoms with Gasteiger partial charge in [-0.3, -0.25) is 4.79 Å². The molecule has 0 atom stereocenters. The molecule has 0 spiro atoms. The van der Waals surface area contributed by atoms with Crippen molar-refractivity contribution in [3.8, 4) is 11.1 Å². The van der Waals surface area contributed by atoms with Crippen LogP contribution in [-0.2, 0) is 16.0 Å². The van der Waals surface area contributed by atoms with Gasteiger partial charge in [0.1, 0.15) is 17.0 Å². The second kappa shape index (κ2) is 7.22. The minimum atomic E-state index is -1.03. The summed E-state index contributed by atoms with van der Waals surface area (Å²) in [6.07, 6.45) is 0.725. The average Bonchev–Trinajstić information content (AvgIpc) is 2.62. The van der Waals surface area contributed by atoms with Gasteiger partial charge in [-0.15, -0.1) is 0 Å². The normalized spacial score (nSPS) is 18.5. The zero-order valence-electron chi connectivity index (χ0n) is 16.7. The SMILES string of the molecule is CCc1ccc(-c2ccc(Cl)c(Cl)c2)cc1C1=C(O)C(C)(C)OC(C)(C)C1=O. The fraction of sp³-hybridized carbons (Fsp3) is 0.348. The molecule has 3 rings (SSSR count). The number of aryl methyl sites for hydroxylation is 1. The summed E-state index contributed by atoms with van der Waals surface area (Å²) in [6, 6.07) is 11.3. The molecule has 1 aliphatic heterocycles. The van der Waals surface area contributed by atoms with Gasteiger partial charge in [0.25, 0.3) is 0 Å². The van der Waals surface area contributed by atoms with E-state index in [0.717, 1.165) is 28.7 Å². The third-order valence-electron chi connectivity index (χ3n) is 5.10. The van der Waals surface area contributed by atoms with E-state index < -0.39 is 11.2 Å². The minimum Gasteiger partial charge on any atom is -0.508 e. The maximum atomic E-state index is 13.2. The third-order valence-corrected chi connectivity index (χ3v) is 5.84. The van der Waals surface area contributed by atoms with Crippen LogP contribution in [0.15, 0.2) is 42.2 Å². The molecule has 0 radical (unpaired) electrons. The van der Waals surface area contributed by atoms with Gasteiger partial charge in [-0.05, 0) is 74.6 Å². The van der Waals surface area contributed by atoms with Crippen molar-refractivity contribution < 1.29 is 14.6 Å². The molecule has 1 aliphatic rings. The molecule has 2 aromatic rings. The summed E-state index contributed by atoms with van der Waals surface area (Å²) in [7, 11) is 0. The van der Waals surface area contributed by atoms with Crippen LogP contribution in [0.3, 0.4) is 0 Å². The van der Waals surface area contributed by atoms with Gasteiger partial charge in [0, 0.05) is 0 Å². The van der Waals surface area contributed by atoms with Crippen LogP contribution in [0, 0.1) is 0 Å². The molecule has 3 nitrogen and oxygen atoms in total. The number of rotatable bonds is 3. The number of ether oxygens (including phenoxy) is 1. The molecule has 0 fully saturated rings. The van der Waals surface area contributed by atoms with Crippen LogP contribution in [0.25, 0.3) is 16.7 Å². The number of benzene rings is 2. The molecule has 0 saturated carbocycles. The Morgan fingerprint density at radius 1 is 0.929 bits per heavy atom. The molecule has 1 heterocycles.